The van der Waals surface area contributed by atoms with Crippen molar-refractivity contribution in [2.24, 2.45) is 17.5 Å². The van der Waals surface area contributed by atoms with Crippen LogP contribution in [0.4, 0.5) is 0 Å². The van der Waals surface area contributed by atoms with Crippen LogP contribution in [0.3, 0.4) is 0 Å². The fraction of sp³-hybridized carbons (Fsp3) is 0.786. The van der Waals surface area contributed by atoms with Crippen LogP contribution in [0.25, 0.3) is 0 Å². The molecule has 1 heterocycles. The van der Waals surface area contributed by atoms with Crippen molar-refractivity contribution in [3.05, 3.63) is 12.3 Å². The number of hydrogen-bond donors (Lipinski definition) is 3. The number of nitrogens with two attached hydrogens (primary N) is 2. The molecule has 0 aromatic carbocycles. The monoisotopic (exact) mass is 302 g/mol. The zero-order chi connectivity index (χ0) is 16.7. The summed E-state index contributed by atoms with van der Waals surface area (Å²) >= 11 is 0. The highest BCUT2D eigenvalue weighted by molar-refractivity contribution is 5.79. The lowest BCUT2D eigenvalue weighted by molar-refractivity contribution is -1.17. The molecular formula is C14H32N5O2+. The second-order valence-electron chi connectivity index (χ2n) is 5.94. The molecule has 7 heteroatoms. The van der Waals surface area contributed by atoms with E-state index in [0.29, 0.717) is 19.6 Å². The molecule has 124 valence electrons. The topological polar surface area (TPSA) is 93.6 Å². The van der Waals surface area contributed by atoms with Crippen molar-refractivity contribution in [3.63, 3.8) is 0 Å². The number of carbonyl (C=O) groups excluding carboxylic acids is 1. The van der Waals surface area contributed by atoms with Gasteiger partial charge >= 0.3 is 0 Å². The van der Waals surface area contributed by atoms with Crippen LogP contribution in [0, 0.1) is 5.92 Å². The smallest absolute Gasteiger partial charge is 0.235 e. The first-order chi connectivity index (χ1) is 9.68. The molecule has 0 saturated carbocycles. The van der Waals surface area contributed by atoms with E-state index in [1.807, 2.05) is 41.7 Å². The Hall–Kier alpha value is -1.15. The maximum absolute atomic E-state index is 11.8. The molecule has 0 aromatic rings. The van der Waals surface area contributed by atoms with Gasteiger partial charge in [0.05, 0.1) is 0 Å². The lowest BCUT2D eigenvalue weighted by Crippen LogP contribution is -2.72. The summed E-state index contributed by atoms with van der Waals surface area (Å²) in [6, 6.07) is 0. The van der Waals surface area contributed by atoms with Gasteiger partial charge in [0.2, 0.25) is 5.91 Å². The average Bonchev–Trinajstić information content (AvgIpc) is 2.37. The van der Waals surface area contributed by atoms with Crippen molar-refractivity contribution >= 4 is 5.91 Å². The number of amides is 1. The van der Waals surface area contributed by atoms with Gasteiger partial charge in [-0.05, 0) is 33.0 Å². The minimum Gasteiger partial charge on any atom is -0.405 e. The number of quaternary nitrogens is 1. The molecule has 0 spiro atoms. The van der Waals surface area contributed by atoms with Crippen LogP contribution in [0.2, 0.25) is 0 Å². The largest absolute Gasteiger partial charge is 0.405 e. The van der Waals surface area contributed by atoms with Gasteiger partial charge in [0.25, 0.3) is 0 Å². The van der Waals surface area contributed by atoms with E-state index in [1.165, 1.54) is 6.20 Å². The quantitative estimate of drug-likeness (QED) is 0.390. The number of rotatable bonds is 5. The van der Waals surface area contributed by atoms with Gasteiger partial charge in [0.15, 0.2) is 0 Å². The van der Waals surface area contributed by atoms with Gasteiger partial charge in [0, 0.05) is 19.1 Å². The Balaban J connectivity index is 0.00000191. The first-order valence-corrected chi connectivity index (χ1v) is 7.41. The van der Waals surface area contributed by atoms with Gasteiger partial charge in [-0.15, -0.1) is 10.9 Å². The number of hydrogen-bond acceptors (Lipinski definition) is 5. The molecule has 0 radical (unpaired) electrons. The molecule has 1 amide bonds. The number of carbonyl (C=O) groups is 1. The van der Waals surface area contributed by atoms with Crippen molar-refractivity contribution in [3.8, 4) is 0 Å². The molecule has 21 heavy (non-hydrogen) atoms. The molecular weight excluding hydrogens is 270 g/mol. The van der Waals surface area contributed by atoms with Crippen LogP contribution in [-0.4, -0.2) is 47.9 Å². The van der Waals surface area contributed by atoms with Crippen molar-refractivity contribution in [2.75, 3.05) is 26.7 Å². The van der Waals surface area contributed by atoms with E-state index in [1.54, 1.807) is 11.1 Å². The highest BCUT2D eigenvalue weighted by atomic mass is 16.9. The van der Waals surface area contributed by atoms with Crippen molar-refractivity contribution < 1.29 is 14.5 Å². The molecule has 0 unspecified atom stereocenters. The Morgan fingerprint density at radius 2 is 1.95 bits per heavy atom. The lowest BCUT2D eigenvalue weighted by atomic mass is 10.0. The van der Waals surface area contributed by atoms with E-state index in [4.69, 9.17) is 16.5 Å². The van der Waals surface area contributed by atoms with Crippen molar-refractivity contribution in [1.82, 2.24) is 10.4 Å². The normalized spacial score (nSPS) is 25.2. The molecule has 1 fully saturated rings. The number of nitrogens with one attached hydrogen (secondary N) is 1. The third-order valence-corrected chi connectivity index (χ3v) is 3.19. The second kappa shape index (κ2) is 8.33. The summed E-state index contributed by atoms with van der Waals surface area (Å²) in [5.41, 5.74) is 5.06. The van der Waals surface area contributed by atoms with Crippen LogP contribution in [0.1, 0.15) is 34.6 Å². The van der Waals surface area contributed by atoms with Crippen molar-refractivity contribution in [2.45, 2.75) is 40.2 Å². The van der Waals surface area contributed by atoms with Gasteiger partial charge in [-0.25, -0.2) is 0 Å². The van der Waals surface area contributed by atoms with Gasteiger partial charge in [-0.1, -0.05) is 23.5 Å². The molecule has 0 atom stereocenters. The first-order valence-electron chi connectivity index (χ1n) is 7.41. The third-order valence-electron chi connectivity index (χ3n) is 3.19. The highest BCUT2D eigenvalue weighted by Crippen LogP contribution is 2.25. The molecule has 1 aliphatic rings. The van der Waals surface area contributed by atoms with Crippen LogP contribution in [0.15, 0.2) is 12.3 Å². The predicted octanol–water partition coefficient (Wildman–Crippen LogP) is 0.498. The zero-order valence-corrected chi connectivity index (χ0v) is 14.2. The summed E-state index contributed by atoms with van der Waals surface area (Å²) in [6.45, 7) is 11.5. The predicted molar refractivity (Wildman–Crippen MR) is 84.0 cm³/mol. The van der Waals surface area contributed by atoms with Crippen LogP contribution >= 0.6 is 0 Å². The van der Waals surface area contributed by atoms with Crippen LogP contribution < -0.4 is 16.9 Å². The summed E-state index contributed by atoms with van der Waals surface area (Å²) in [6.07, 6.45) is 3.09. The molecule has 0 bridgehead atoms. The molecule has 0 aliphatic carbocycles. The Morgan fingerprint density at radius 1 is 1.43 bits per heavy atom. The molecule has 1 aliphatic heterocycles. The van der Waals surface area contributed by atoms with Gasteiger partial charge in [-0.3, -0.25) is 4.79 Å². The van der Waals surface area contributed by atoms with E-state index in [0.717, 1.165) is 0 Å². The lowest BCUT2D eigenvalue weighted by Gasteiger charge is -2.44. The minimum absolute atomic E-state index is 0.0145. The average molecular weight is 302 g/mol. The number of nitrogens with zero attached hydrogens (tertiary/aromatic N) is 2. The molecule has 0 aromatic heterocycles. The van der Waals surface area contributed by atoms with E-state index >= 15 is 0 Å². The Kier molecular flexibility index (Phi) is 7.87. The second-order valence-corrected chi connectivity index (χ2v) is 5.94. The fourth-order valence-electron chi connectivity index (χ4n) is 1.66. The first kappa shape index (κ1) is 19.9. The summed E-state index contributed by atoms with van der Waals surface area (Å²) < 4.78 is -0.0570. The van der Waals surface area contributed by atoms with E-state index in [9.17, 15) is 4.79 Å². The van der Waals surface area contributed by atoms with Gasteiger partial charge in [0.1, 0.15) is 19.0 Å². The Labute approximate surface area is 128 Å². The SMILES string of the molecule is CC.CN(O[N+]1(N)CC(C(=O)NC/C=C/N)C1)C(C)(C)C. The Bertz CT molecular complexity index is 346. The van der Waals surface area contributed by atoms with Crippen LogP contribution in [0.5, 0.6) is 0 Å². The molecule has 7 nitrogen and oxygen atoms in total. The number of hydroxylamine groups is 4. The molecule has 1 rings (SSSR count). The van der Waals surface area contributed by atoms with Gasteiger partial charge in [-0.2, -0.15) is 0 Å². The molecule has 1 saturated heterocycles. The third kappa shape index (κ3) is 6.43. The van der Waals surface area contributed by atoms with Crippen LogP contribution in [-0.2, 0) is 9.73 Å². The van der Waals surface area contributed by atoms with E-state index < -0.39 is 0 Å². The summed E-state index contributed by atoms with van der Waals surface area (Å²) in [5.74, 6) is 5.92. The highest BCUT2D eigenvalue weighted by Gasteiger charge is 2.50. The fourth-order valence-corrected chi connectivity index (χ4v) is 1.66. The molecule has 5 N–H and O–H groups in total. The minimum atomic E-state index is -0.135. The Morgan fingerprint density at radius 3 is 2.38 bits per heavy atom. The van der Waals surface area contributed by atoms with E-state index in [2.05, 4.69) is 5.32 Å². The van der Waals surface area contributed by atoms with Gasteiger partial charge < -0.3 is 11.1 Å². The summed E-state index contributed by atoms with van der Waals surface area (Å²) in [4.78, 5) is 17.4. The zero-order valence-electron chi connectivity index (χ0n) is 14.2. The summed E-state index contributed by atoms with van der Waals surface area (Å²) in [5, 5.41) is 4.49. The van der Waals surface area contributed by atoms with E-state index in [-0.39, 0.29) is 22.1 Å². The van der Waals surface area contributed by atoms with Crippen molar-refractivity contribution in [1.29, 1.82) is 0 Å². The summed E-state index contributed by atoms with van der Waals surface area (Å²) in [7, 11) is 1.84. The maximum Gasteiger partial charge on any atom is 0.235 e. The standard InChI is InChI=1S/C12H25N5O2.C2H6/c1-12(2,3)16(4)19-17(14)8-10(9-17)11(18)15-7-5-6-13;1-2/h5-6,10H,7-9,13-14H2,1-4H3;1-2H3/p+1/b6-5+;. The maximum atomic E-state index is 11.8.